The smallest absolute Gasteiger partial charge is 0.323 e. The number of ether oxygens (including phenoxy) is 1. The molecule has 0 fully saturated rings. The Kier molecular flexibility index (Phi) is 5.61. The number of nitrogens with one attached hydrogen (secondary N) is 2. The summed E-state index contributed by atoms with van der Waals surface area (Å²) < 4.78 is 20.2. The number of benzene rings is 2. The van der Waals surface area contributed by atoms with Crippen LogP contribution < -0.4 is 20.9 Å². The van der Waals surface area contributed by atoms with Crippen molar-refractivity contribution >= 4 is 23.1 Å². The minimum Gasteiger partial charge on any atom is -0.487 e. The highest BCUT2D eigenvalue weighted by molar-refractivity contribution is 5.99. The van der Waals surface area contributed by atoms with E-state index in [0.717, 1.165) is 5.56 Å². The Hall–Kier alpha value is -4.20. The topological polar surface area (TPSA) is 84.7 Å². The summed E-state index contributed by atoms with van der Waals surface area (Å²) in [6, 6.07) is 16.9. The summed E-state index contributed by atoms with van der Waals surface area (Å²) in [6.45, 7) is 2.03. The lowest BCUT2D eigenvalue weighted by molar-refractivity contribution is 0.262. The lowest BCUT2D eigenvalue weighted by Gasteiger charge is -2.10. The van der Waals surface area contributed by atoms with Crippen LogP contribution in [0.1, 0.15) is 11.3 Å². The van der Waals surface area contributed by atoms with Gasteiger partial charge in [0.05, 0.1) is 5.69 Å². The Morgan fingerprint density at radius 3 is 2.35 bits per heavy atom. The summed E-state index contributed by atoms with van der Waals surface area (Å²) in [4.78, 5) is 28.8. The number of rotatable bonds is 5. The predicted octanol–water partition coefficient (Wildman–Crippen LogP) is 4.37. The van der Waals surface area contributed by atoms with Crippen LogP contribution in [0.4, 0.5) is 20.6 Å². The standard InChI is InChI=1S/C23H19FN4O3/c1-15-3-2-12-28-21(29)13-19(25-22(15)28)14-31-20-10-8-18(9-11-20)27-23(30)26-17-6-4-16(24)5-7-17/h2-13H,14H2,1H3,(H2,26,27,30). The number of pyridine rings is 1. The Balaban J connectivity index is 1.37. The van der Waals surface area contributed by atoms with Gasteiger partial charge < -0.3 is 15.4 Å². The zero-order chi connectivity index (χ0) is 21.8. The van der Waals surface area contributed by atoms with E-state index in [2.05, 4.69) is 15.6 Å². The van der Waals surface area contributed by atoms with E-state index in [-0.39, 0.29) is 18.0 Å². The van der Waals surface area contributed by atoms with Crippen molar-refractivity contribution < 1.29 is 13.9 Å². The van der Waals surface area contributed by atoms with E-state index in [1.165, 1.54) is 34.7 Å². The minimum atomic E-state index is -0.448. The highest BCUT2D eigenvalue weighted by atomic mass is 19.1. The van der Waals surface area contributed by atoms with E-state index in [1.807, 2.05) is 13.0 Å². The molecule has 0 aliphatic rings. The molecular weight excluding hydrogens is 399 g/mol. The first-order valence-corrected chi connectivity index (χ1v) is 9.52. The Labute approximate surface area is 177 Å². The van der Waals surface area contributed by atoms with Gasteiger partial charge in [0.25, 0.3) is 5.56 Å². The average molecular weight is 418 g/mol. The second-order valence-electron chi connectivity index (χ2n) is 6.87. The molecule has 156 valence electrons. The van der Waals surface area contributed by atoms with Crippen molar-refractivity contribution in [2.24, 2.45) is 0 Å². The van der Waals surface area contributed by atoms with Crippen molar-refractivity contribution in [3.63, 3.8) is 0 Å². The van der Waals surface area contributed by atoms with Crippen molar-refractivity contribution in [3.8, 4) is 5.75 Å². The highest BCUT2D eigenvalue weighted by Crippen LogP contribution is 2.17. The van der Waals surface area contributed by atoms with Crippen molar-refractivity contribution in [1.29, 1.82) is 0 Å². The molecule has 0 saturated carbocycles. The average Bonchev–Trinajstić information content (AvgIpc) is 2.76. The zero-order valence-corrected chi connectivity index (χ0v) is 16.6. The molecule has 2 amide bonds. The Bertz CT molecular complexity index is 1290. The molecule has 0 aliphatic carbocycles. The third kappa shape index (κ3) is 4.87. The maximum absolute atomic E-state index is 12.9. The highest BCUT2D eigenvalue weighted by Gasteiger charge is 2.06. The molecule has 0 unspecified atom stereocenters. The van der Waals surface area contributed by atoms with E-state index >= 15 is 0 Å². The summed E-state index contributed by atoms with van der Waals surface area (Å²) in [6.07, 6.45) is 1.68. The van der Waals surface area contributed by atoms with E-state index in [9.17, 15) is 14.0 Å². The maximum Gasteiger partial charge on any atom is 0.323 e. The lowest BCUT2D eigenvalue weighted by Crippen LogP contribution is -2.19. The van der Waals surface area contributed by atoms with Gasteiger partial charge in [0.1, 0.15) is 23.8 Å². The Morgan fingerprint density at radius 1 is 1.03 bits per heavy atom. The molecule has 2 aromatic carbocycles. The predicted molar refractivity (Wildman–Crippen MR) is 116 cm³/mol. The van der Waals surface area contributed by atoms with Crippen LogP contribution in [0.2, 0.25) is 0 Å². The molecule has 4 rings (SSSR count). The normalized spacial score (nSPS) is 10.6. The maximum atomic E-state index is 12.9. The van der Waals surface area contributed by atoms with Crippen LogP contribution >= 0.6 is 0 Å². The molecule has 0 bridgehead atoms. The third-order valence-corrected chi connectivity index (χ3v) is 4.54. The number of hydrogen-bond donors (Lipinski definition) is 2. The first-order valence-electron chi connectivity index (χ1n) is 9.52. The van der Waals surface area contributed by atoms with Gasteiger partial charge in [0, 0.05) is 23.6 Å². The fourth-order valence-corrected chi connectivity index (χ4v) is 3.00. The fraction of sp³-hybridized carbons (Fsp3) is 0.0870. The number of halogens is 1. The van der Waals surface area contributed by atoms with E-state index in [1.54, 1.807) is 36.5 Å². The van der Waals surface area contributed by atoms with Crippen LogP contribution in [-0.2, 0) is 6.61 Å². The van der Waals surface area contributed by atoms with Gasteiger partial charge in [-0.15, -0.1) is 0 Å². The van der Waals surface area contributed by atoms with Gasteiger partial charge in [-0.05, 0) is 67.1 Å². The summed E-state index contributed by atoms with van der Waals surface area (Å²) in [7, 11) is 0. The van der Waals surface area contributed by atoms with Crippen molar-refractivity contribution in [2.75, 3.05) is 10.6 Å². The molecule has 0 aliphatic heterocycles. The second kappa shape index (κ2) is 8.66. The molecule has 0 atom stereocenters. The number of carbonyl (C=O) groups is 1. The number of anilines is 2. The second-order valence-corrected chi connectivity index (χ2v) is 6.87. The summed E-state index contributed by atoms with van der Waals surface area (Å²) in [5.41, 5.74) is 2.90. The minimum absolute atomic E-state index is 0.137. The van der Waals surface area contributed by atoms with E-state index in [0.29, 0.717) is 28.5 Å². The summed E-state index contributed by atoms with van der Waals surface area (Å²) in [5, 5.41) is 5.30. The van der Waals surface area contributed by atoms with Crippen molar-refractivity contribution in [1.82, 2.24) is 9.38 Å². The molecule has 7 nitrogen and oxygen atoms in total. The number of amides is 2. The zero-order valence-electron chi connectivity index (χ0n) is 16.6. The molecule has 31 heavy (non-hydrogen) atoms. The van der Waals surface area contributed by atoms with Gasteiger partial charge in [-0.3, -0.25) is 9.20 Å². The number of carbonyl (C=O) groups excluding carboxylic acids is 1. The van der Waals surface area contributed by atoms with Crippen LogP contribution in [0, 0.1) is 12.7 Å². The van der Waals surface area contributed by atoms with Gasteiger partial charge in [0.2, 0.25) is 0 Å². The number of nitrogens with zero attached hydrogens (tertiary/aromatic N) is 2. The number of aryl methyl sites for hydroxylation is 1. The third-order valence-electron chi connectivity index (χ3n) is 4.54. The van der Waals surface area contributed by atoms with Crippen LogP contribution in [0.5, 0.6) is 5.75 Å². The van der Waals surface area contributed by atoms with Crippen LogP contribution in [-0.4, -0.2) is 15.4 Å². The van der Waals surface area contributed by atoms with Crippen LogP contribution in [0.15, 0.2) is 77.7 Å². The number of fused-ring (bicyclic) bond motifs is 1. The molecular formula is C23H19FN4O3. The van der Waals surface area contributed by atoms with E-state index in [4.69, 9.17) is 4.74 Å². The molecule has 0 spiro atoms. The molecule has 2 aromatic heterocycles. The van der Waals surface area contributed by atoms with Gasteiger partial charge in [-0.1, -0.05) is 6.07 Å². The van der Waals surface area contributed by atoms with Crippen molar-refractivity contribution in [2.45, 2.75) is 13.5 Å². The molecule has 0 radical (unpaired) electrons. The number of hydrogen-bond acceptors (Lipinski definition) is 4. The molecule has 2 heterocycles. The van der Waals surface area contributed by atoms with Gasteiger partial charge in [0.15, 0.2) is 0 Å². The molecule has 4 aromatic rings. The lowest BCUT2D eigenvalue weighted by atomic mass is 10.3. The number of aromatic nitrogens is 2. The van der Waals surface area contributed by atoms with Crippen LogP contribution in [0.3, 0.4) is 0 Å². The number of urea groups is 1. The van der Waals surface area contributed by atoms with Gasteiger partial charge >= 0.3 is 6.03 Å². The SMILES string of the molecule is Cc1cccn2c(=O)cc(COc3ccc(NC(=O)Nc4ccc(F)cc4)cc3)nc12. The Morgan fingerprint density at radius 2 is 1.68 bits per heavy atom. The molecule has 8 heteroatoms. The van der Waals surface area contributed by atoms with Gasteiger partial charge in [-0.25, -0.2) is 14.2 Å². The van der Waals surface area contributed by atoms with Gasteiger partial charge in [-0.2, -0.15) is 0 Å². The molecule has 2 N–H and O–H groups in total. The van der Waals surface area contributed by atoms with Crippen LogP contribution in [0.25, 0.3) is 5.65 Å². The fourth-order valence-electron chi connectivity index (χ4n) is 3.00. The first-order chi connectivity index (χ1) is 15.0. The summed E-state index contributed by atoms with van der Waals surface area (Å²) >= 11 is 0. The van der Waals surface area contributed by atoms with Crippen molar-refractivity contribution in [3.05, 3.63) is 100 Å². The van der Waals surface area contributed by atoms with E-state index < -0.39 is 6.03 Å². The quantitative estimate of drug-likeness (QED) is 0.504. The molecule has 0 saturated heterocycles. The monoisotopic (exact) mass is 418 g/mol. The summed E-state index contributed by atoms with van der Waals surface area (Å²) in [5.74, 6) is 0.192. The largest absolute Gasteiger partial charge is 0.487 e. The first kappa shape index (κ1) is 20.1.